The molecule has 7 nitrogen and oxygen atoms in total. The van der Waals surface area contributed by atoms with Gasteiger partial charge in [0.15, 0.2) is 22.1 Å². The molecule has 150 valence electrons. The fourth-order valence-electron chi connectivity index (χ4n) is 2.70. The minimum Gasteiger partial charge on any atom is -0.497 e. The maximum absolute atomic E-state index is 6.05. The van der Waals surface area contributed by atoms with Gasteiger partial charge in [-0.2, -0.15) is 0 Å². The van der Waals surface area contributed by atoms with E-state index >= 15 is 0 Å². The van der Waals surface area contributed by atoms with Crippen molar-refractivity contribution in [3.8, 4) is 5.75 Å². The number of anilines is 1. The normalized spacial score (nSPS) is 11.9. The molecule has 0 bridgehead atoms. The average molecular weight is 512 g/mol. The third kappa shape index (κ3) is 5.06. The van der Waals surface area contributed by atoms with Gasteiger partial charge >= 0.3 is 0 Å². The van der Waals surface area contributed by atoms with Gasteiger partial charge in [0.25, 0.3) is 0 Å². The van der Waals surface area contributed by atoms with E-state index in [0.717, 1.165) is 44.5 Å². The van der Waals surface area contributed by atoms with Gasteiger partial charge in [-0.3, -0.25) is 0 Å². The SMILES string of the molecule is COc1ccc(I)c(Sc2nc3c(N)ncnc3n2CCCNC(C)(C)C)c1. The lowest BCUT2D eigenvalue weighted by Crippen LogP contribution is -2.36. The number of fused-ring (bicyclic) bond motifs is 1. The van der Waals surface area contributed by atoms with Crippen molar-refractivity contribution in [2.75, 3.05) is 19.4 Å². The summed E-state index contributed by atoms with van der Waals surface area (Å²) in [4.78, 5) is 14.3. The van der Waals surface area contributed by atoms with E-state index in [9.17, 15) is 0 Å². The van der Waals surface area contributed by atoms with Crippen molar-refractivity contribution in [3.05, 3.63) is 28.1 Å². The second-order valence-electron chi connectivity index (χ2n) is 7.41. The lowest BCUT2D eigenvalue weighted by Gasteiger charge is -2.20. The highest BCUT2D eigenvalue weighted by Gasteiger charge is 2.17. The smallest absolute Gasteiger partial charge is 0.175 e. The van der Waals surface area contributed by atoms with Crippen LogP contribution in [0.3, 0.4) is 0 Å². The molecular formula is C19H25IN6OS. The summed E-state index contributed by atoms with van der Waals surface area (Å²) in [5, 5.41) is 4.37. The highest BCUT2D eigenvalue weighted by atomic mass is 127. The second kappa shape index (κ2) is 8.83. The first-order chi connectivity index (χ1) is 13.3. The van der Waals surface area contributed by atoms with Crippen LogP contribution in [0.4, 0.5) is 5.82 Å². The van der Waals surface area contributed by atoms with Gasteiger partial charge < -0.3 is 20.4 Å². The van der Waals surface area contributed by atoms with Crippen LogP contribution in [0, 0.1) is 3.57 Å². The van der Waals surface area contributed by atoms with Crippen LogP contribution in [-0.2, 0) is 6.54 Å². The molecule has 0 radical (unpaired) electrons. The molecule has 2 heterocycles. The maximum atomic E-state index is 6.05. The number of halogens is 1. The third-order valence-corrected chi connectivity index (χ3v) is 6.44. The number of hydrogen-bond donors (Lipinski definition) is 2. The average Bonchev–Trinajstić information content (AvgIpc) is 2.98. The predicted octanol–water partition coefficient (Wildman–Crippen LogP) is 3.95. The first kappa shape index (κ1) is 21.1. The predicted molar refractivity (Wildman–Crippen MR) is 122 cm³/mol. The summed E-state index contributed by atoms with van der Waals surface area (Å²) in [7, 11) is 1.67. The van der Waals surface area contributed by atoms with Crippen molar-refractivity contribution >= 4 is 51.3 Å². The highest BCUT2D eigenvalue weighted by molar-refractivity contribution is 14.1. The van der Waals surface area contributed by atoms with Crippen molar-refractivity contribution in [1.82, 2.24) is 24.8 Å². The van der Waals surface area contributed by atoms with Crippen LogP contribution < -0.4 is 15.8 Å². The summed E-state index contributed by atoms with van der Waals surface area (Å²) in [5.41, 5.74) is 7.56. The molecule has 0 aliphatic heterocycles. The lowest BCUT2D eigenvalue weighted by molar-refractivity contribution is 0.412. The Morgan fingerprint density at radius 3 is 2.79 bits per heavy atom. The van der Waals surface area contributed by atoms with E-state index in [1.165, 1.54) is 6.33 Å². The fraction of sp³-hybridized carbons (Fsp3) is 0.421. The van der Waals surface area contributed by atoms with Gasteiger partial charge in [0.2, 0.25) is 0 Å². The standard InChI is InChI=1S/C19H25IN6OS/c1-19(2,3)24-8-5-9-26-17-15(16(21)22-11-23-17)25-18(26)28-14-10-12(27-4)6-7-13(14)20/h6-7,10-11,24H,5,8-9H2,1-4H3,(H2,21,22,23). The molecule has 0 aliphatic carbocycles. The van der Waals surface area contributed by atoms with E-state index in [1.54, 1.807) is 18.9 Å². The van der Waals surface area contributed by atoms with Gasteiger partial charge in [-0.15, -0.1) is 0 Å². The molecule has 3 N–H and O–H groups in total. The van der Waals surface area contributed by atoms with E-state index in [-0.39, 0.29) is 5.54 Å². The fourth-order valence-corrected chi connectivity index (χ4v) is 4.33. The molecule has 0 saturated carbocycles. The Morgan fingerprint density at radius 2 is 2.07 bits per heavy atom. The number of rotatable bonds is 7. The number of aryl methyl sites for hydroxylation is 1. The zero-order chi connectivity index (χ0) is 20.3. The number of ether oxygens (including phenoxy) is 1. The third-order valence-electron chi connectivity index (χ3n) is 4.08. The Hall–Kier alpha value is -1.59. The van der Waals surface area contributed by atoms with Gasteiger partial charge in [-0.25, -0.2) is 15.0 Å². The van der Waals surface area contributed by atoms with E-state index < -0.39 is 0 Å². The summed E-state index contributed by atoms with van der Waals surface area (Å²) in [5.74, 6) is 1.22. The molecule has 0 fully saturated rings. The minimum absolute atomic E-state index is 0.0951. The number of imidazole rings is 1. The first-order valence-electron chi connectivity index (χ1n) is 9.01. The summed E-state index contributed by atoms with van der Waals surface area (Å²) in [6, 6.07) is 6.01. The minimum atomic E-state index is 0.0951. The number of hydrogen-bond acceptors (Lipinski definition) is 7. The van der Waals surface area contributed by atoms with E-state index in [4.69, 9.17) is 15.5 Å². The topological polar surface area (TPSA) is 90.9 Å². The van der Waals surface area contributed by atoms with Crippen molar-refractivity contribution in [2.45, 2.75) is 49.3 Å². The van der Waals surface area contributed by atoms with Crippen molar-refractivity contribution < 1.29 is 4.74 Å². The highest BCUT2D eigenvalue weighted by Crippen LogP contribution is 2.35. The molecule has 0 unspecified atom stereocenters. The molecular weight excluding hydrogens is 487 g/mol. The molecule has 0 spiro atoms. The molecule has 3 aromatic rings. The first-order valence-corrected chi connectivity index (χ1v) is 10.9. The van der Waals surface area contributed by atoms with E-state index in [2.05, 4.69) is 63.2 Å². The molecule has 3 rings (SSSR count). The number of nitrogens with zero attached hydrogens (tertiary/aromatic N) is 4. The second-order valence-corrected chi connectivity index (χ2v) is 9.58. The number of methoxy groups -OCH3 is 1. The quantitative estimate of drug-likeness (QED) is 0.366. The number of aromatic nitrogens is 4. The van der Waals surface area contributed by atoms with Crippen LogP contribution in [0.5, 0.6) is 5.75 Å². The summed E-state index contributed by atoms with van der Waals surface area (Å²) in [6.07, 6.45) is 2.45. The van der Waals surface area contributed by atoms with Gasteiger partial charge in [-0.05, 0) is 74.5 Å². The zero-order valence-corrected chi connectivity index (χ0v) is 19.5. The van der Waals surface area contributed by atoms with E-state index in [0.29, 0.717) is 11.3 Å². The summed E-state index contributed by atoms with van der Waals surface area (Å²) in [6.45, 7) is 8.20. The number of nitrogen functional groups attached to an aromatic ring is 1. The molecule has 0 atom stereocenters. The van der Waals surface area contributed by atoms with E-state index in [1.807, 2.05) is 18.2 Å². The summed E-state index contributed by atoms with van der Waals surface area (Å²) >= 11 is 3.91. The zero-order valence-electron chi connectivity index (χ0n) is 16.5. The van der Waals surface area contributed by atoms with Gasteiger partial charge in [0.1, 0.15) is 12.1 Å². The lowest BCUT2D eigenvalue weighted by atomic mass is 10.1. The van der Waals surface area contributed by atoms with Crippen LogP contribution in [0.15, 0.2) is 34.6 Å². The Morgan fingerprint density at radius 1 is 1.29 bits per heavy atom. The van der Waals surface area contributed by atoms with Crippen LogP contribution >= 0.6 is 34.4 Å². The van der Waals surface area contributed by atoms with Crippen LogP contribution in [0.1, 0.15) is 27.2 Å². The Bertz CT molecular complexity index is 969. The van der Waals surface area contributed by atoms with Crippen molar-refractivity contribution in [1.29, 1.82) is 0 Å². The molecule has 0 saturated heterocycles. The summed E-state index contributed by atoms with van der Waals surface area (Å²) < 4.78 is 8.63. The van der Waals surface area contributed by atoms with Gasteiger partial charge in [0.05, 0.1) is 7.11 Å². The molecule has 9 heteroatoms. The number of nitrogens with two attached hydrogens (primary N) is 1. The van der Waals surface area contributed by atoms with Gasteiger partial charge in [0, 0.05) is 20.5 Å². The van der Waals surface area contributed by atoms with Crippen LogP contribution in [0.25, 0.3) is 11.2 Å². The molecule has 1 aromatic carbocycles. The van der Waals surface area contributed by atoms with Crippen LogP contribution in [-0.4, -0.2) is 38.7 Å². The van der Waals surface area contributed by atoms with Gasteiger partial charge in [-0.1, -0.05) is 11.8 Å². The maximum Gasteiger partial charge on any atom is 0.175 e. The Balaban J connectivity index is 1.91. The monoisotopic (exact) mass is 512 g/mol. The molecule has 0 aliphatic rings. The van der Waals surface area contributed by atoms with Crippen molar-refractivity contribution in [2.24, 2.45) is 0 Å². The number of benzene rings is 1. The largest absolute Gasteiger partial charge is 0.497 e. The van der Waals surface area contributed by atoms with Crippen molar-refractivity contribution in [3.63, 3.8) is 0 Å². The number of nitrogens with one attached hydrogen (secondary N) is 1. The molecule has 28 heavy (non-hydrogen) atoms. The molecule has 2 aromatic heterocycles. The van der Waals surface area contributed by atoms with Crippen LogP contribution in [0.2, 0.25) is 0 Å². The molecule has 0 amide bonds. The Labute approximate surface area is 183 Å². The Kier molecular flexibility index (Phi) is 6.66.